The van der Waals surface area contributed by atoms with E-state index in [9.17, 15) is 27.3 Å². The predicted molar refractivity (Wildman–Crippen MR) is 100 cm³/mol. The molecule has 0 N–H and O–H groups in total. The van der Waals surface area contributed by atoms with Gasteiger partial charge in [0.1, 0.15) is 23.1 Å². The van der Waals surface area contributed by atoms with Crippen molar-refractivity contribution in [2.24, 2.45) is 0 Å². The topological polar surface area (TPSA) is 93.0 Å². The molecule has 0 radical (unpaired) electrons. The van der Waals surface area contributed by atoms with Gasteiger partial charge in [0.25, 0.3) is 0 Å². The van der Waals surface area contributed by atoms with Gasteiger partial charge >= 0.3 is 5.69 Å². The first-order valence-corrected chi connectivity index (χ1v) is 10.3. The fourth-order valence-corrected chi connectivity index (χ4v) is 4.50. The third-order valence-corrected chi connectivity index (χ3v) is 6.50. The van der Waals surface area contributed by atoms with Gasteiger partial charge in [-0.1, -0.05) is 12.1 Å². The largest absolute Gasteiger partial charge is 0.485 e. The van der Waals surface area contributed by atoms with Crippen LogP contribution >= 0.6 is 0 Å². The first-order valence-electron chi connectivity index (χ1n) is 8.83. The van der Waals surface area contributed by atoms with Crippen LogP contribution in [0.15, 0.2) is 47.4 Å². The van der Waals surface area contributed by atoms with Gasteiger partial charge in [0.05, 0.1) is 4.92 Å². The maximum atomic E-state index is 13.9. The second-order valence-electron chi connectivity index (χ2n) is 6.39. The summed E-state index contributed by atoms with van der Waals surface area (Å²) >= 11 is 0. The Morgan fingerprint density at radius 2 is 1.76 bits per heavy atom. The van der Waals surface area contributed by atoms with Crippen LogP contribution in [0.3, 0.4) is 0 Å². The number of benzene rings is 2. The normalized spacial score (nSPS) is 15.9. The quantitative estimate of drug-likeness (QED) is 0.497. The molecule has 1 aliphatic rings. The van der Waals surface area contributed by atoms with Crippen LogP contribution in [0.25, 0.3) is 0 Å². The van der Waals surface area contributed by atoms with Crippen LogP contribution in [-0.2, 0) is 10.0 Å². The number of rotatable bonds is 7. The number of sulfonamides is 1. The molecule has 0 aromatic heterocycles. The molecule has 8 nitrogen and oxygen atoms in total. The summed E-state index contributed by atoms with van der Waals surface area (Å²) in [5.74, 6) is -1.79. The van der Waals surface area contributed by atoms with E-state index >= 15 is 0 Å². The van der Waals surface area contributed by atoms with Gasteiger partial charge in [0, 0.05) is 44.9 Å². The van der Waals surface area contributed by atoms with E-state index < -0.39 is 31.5 Å². The number of halogens is 2. The Bertz CT molecular complexity index is 995. The summed E-state index contributed by atoms with van der Waals surface area (Å²) in [6.45, 7) is 1.72. The number of nitrogens with zero attached hydrogens (tertiary/aromatic N) is 3. The Hall–Kier alpha value is -2.63. The molecule has 2 aromatic rings. The van der Waals surface area contributed by atoms with Crippen molar-refractivity contribution >= 4 is 15.7 Å². The van der Waals surface area contributed by atoms with Crippen molar-refractivity contribution in [1.82, 2.24) is 9.21 Å². The minimum Gasteiger partial charge on any atom is -0.485 e. The molecule has 1 heterocycles. The number of hydrogen-bond acceptors (Lipinski definition) is 6. The van der Waals surface area contributed by atoms with Gasteiger partial charge in [-0.2, -0.15) is 4.31 Å². The molecule has 0 bridgehead atoms. The van der Waals surface area contributed by atoms with E-state index in [1.807, 2.05) is 4.90 Å². The predicted octanol–water partition coefficient (Wildman–Crippen LogP) is 2.26. The second kappa shape index (κ2) is 8.80. The number of ether oxygens (including phenoxy) is 1. The van der Waals surface area contributed by atoms with E-state index in [-0.39, 0.29) is 31.1 Å². The van der Waals surface area contributed by atoms with Gasteiger partial charge in [0.15, 0.2) is 5.75 Å². The zero-order valence-electron chi connectivity index (χ0n) is 15.3. The number of piperazine rings is 1. The Labute approximate surface area is 166 Å². The van der Waals surface area contributed by atoms with E-state index in [0.29, 0.717) is 25.7 Å². The van der Waals surface area contributed by atoms with Crippen molar-refractivity contribution in [3.05, 3.63) is 64.2 Å². The average Bonchev–Trinajstić information content (AvgIpc) is 2.68. The minimum absolute atomic E-state index is 0.121. The first kappa shape index (κ1) is 21.1. The van der Waals surface area contributed by atoms with Crippen LogP contribution in [-0.4, -0.2) is 61.9 Å². The number of para-hydroxylation sites is 2. The molecule has 0 amide bonds. The molecule has 1 aliphatic heterocycles. The molecule has 11 heteroatoms. The lowest BCUT2D eigenvalue weighted by Gasteiger charge is -2.33. The summed E-state index contributed by atoms with van der Waals surface area (Å²) in [5, 5.41) is 11.0. The van der Waals surface area contributed by atoms with Gasteiger partial charge in [-0.3, -0.25) is 15.0 Å². The van der Waals surface area contributed by atoms with E-state index in [1.54, 1.807) is 12.1 Å². The van der Waals surface area contributed by atoms with Gasteiger partial charge in [-0.25, -0.2) is 17.2 Å². The molecule has 1 fully saturated rings. The molecule has 1 saturated heterocycles. The van der Waals surface area contributed by atoms with E-state index in [0.717, 1.165) is 16.4 Å². The van der Waals surface area contributed by atoms with E-state index in [2.05, 4.69) is 0 Å². The zero-order valence-corrected chi connectivity index (χ0v) is 16.1. The molecule has 3 rings (SSSR count). The molecular weight excluding hydrogens is 408 g/mol. The Kier molecular flexibility index (Phi) is 6.40. The minimum atomic E-state index is -4.05. The number of nitro groups is 1. The third-order valence-electron chi connectivity index (χ3n) is 4.57. The van der Waals surface area contributed by atoms with Crippen molar-refractivity contribution in [2.45, 2.75) is 4.90 Å². The van der Waals surface area contributed by atoms with Crippen LogP contribution in [0.1, 0.15) is 0 Å². The third kappa shape index (κ3) is 4.86. The lowest BCUT2D eigenvalue weighted by molar-refractivity contribution is -0.385. The van der Waals surface area contributed by atoms with Gasteiger partial charge < -0.3 is 4.74 Å². The zero-order chi connectivity index (χ0) is 21.0. The maximum Gasteiger partial charge on any atom is 0.310 e. The van der Waals surface area contributed by atoms with Gasteiger partial charge in [-0.15, -0.1) is 0 Å². The highest BCUT2D eigenvalue weighted by Gasteiger charge is 2.30. The highest BCUT2D eigenvalue weighted by atomic mass is 32.2. The number of hydrogen-bond donors (Lipinski definition) is 0. The smallest absolute Gasteiger partial charge is 0.310 e. The van der Waals surface area contributed by atoms with Gasteiger partial charge in [-0.05, 0) is 18.2 Å². The Morgan fingerprint density at radius 3 is 2.41 bits per heavy atom. The maximum absolute atomic E-state index is 13.9. The number of nitro benzene ring substituents is 1. The Balaban J connectivity index is 1.54. The van der Waals surface area contributed by atoms with Crippen molar-refractivity contribution < 1.29 is 26.9 Å². The highest BCUT2D eigenvalue weighted by Crippen LogP contribution is 2.26. The summed E-state index contributed by atoms with van der Waals surface area (Å²) in [7, 11) is -4.05. The van der Waals surface area contributed by atoms with Crippen molar-refractivity contribution in [3.63, 3.8) is 0 Å². The summed E-state index contributed by atoms with van der Waals surface area (Å²) in [6, 6.07) is 8.44. The van der Waals surface area contributed by atoms with Crippen molar-refractivity contribution in [3.8, 4) is 5.75 Å². The van der Waals surface area contributed by atoms with Crippen LogP contribution in [0, 0.1) is 21.7 Å². The van der Waals surface area contributed by atoms with Crippen LogP contribution in [0.4, 0.5) is 14.5 Å². The molecule has 0 spiro atoms. The molecule has 2 aromatic carbocycles. The first-order chi connectivity index (χ1) is 13.8. The molecule has 29 heavy (non-hydrogen) atoms. The summed E-state index contributed by atoms with van der Waals surface area (Å²) in [6.07, 6.45) is 0. The van der Waals surface area contributed by atoms with Crippen LogP contribution in [0.5, 0.6) is 5.75 Å². The second-order valence-corrected chi connectivity index (χ2v) is 8.30. The van der Waals surface area contributed by atoms with Crippen LogP contribution < -0.4 is 4.74 Å². The molecule has 0 unspecified atom stereocenters. The average molecular weight is 427 g/mol. The summed E-state index contributed by atoms with van der Waals surface area (Å²) in [4.78, 5) is 11.9. The van der Waals surface area contributed by atoms with Gasteiger partial charge in [0.2, 0.25) is 10.0 Å². The Morgan fingerprint density at radius 1 is 1.07 bits per heavy atom. The standard InChI is InChI=1S/C18H19F2N3O5S/c19-14-5-6-18(15(20)13-14)29(26,27)22-9-7-21(8-10-22)11-12-28-17-4-2-1-3-16(17)23(24)25/h1-6,13H,7-12H2. The molecule has 0 aliphatic carbocycles. The van der Waals surface area contributed by atoms with E-state index in [1.165, 1.54) is 12.1 Å². The SMILES string of the molecule is O=[N+]([O-])c1ccccc1OCCN1CCN(S(=O)(=O)c2ccc(F)cc2F)CC1. The lowest BCUT2D eigenvalue weighted by Crippen LogP contribution is -2.49. The van der Waals surface area contributed by atoms with Crippen molar-refractivity contribution in [1.29, 1.82) is 0 Å². The highest BCUT2D eigenvalue weighted by molar-refractivity contribution is 7.89. The fourth-order valence-electron chi connectivity index (χ4n) is 3.03. The van der Waals surface area contributed by atoms with Crippen molar-refractivity contribution in [2.75, 3.05) is 39.3 Å². The fraction of sp³-hybridized carbons (Fsp3) is 0.333. The monoisotopic (exact) mass is 427 g/mol. The summed E-state index contributed by atoms with van der Waals surface area (Å²) < 4.78 is 58.7. The molecule has 0 saturated carbocycles. The van der Waals surface area contributed by atoms with E-state index in [4.69, 9.17) is 4.74 Å². The molecule has 0 atom stereocenters. The lowest BCUT2D eigenvalue weighted by atomic mass is 10.3. The van der Waals surface area contributed by atoms with Crippen LogP contribution in [0.2, 0.25) is 0 Å². The molecular formula is C18H19F2N3O5S. The summed E-state index contributed by atoms with van der Waals surface area (Å²) in [5.41, 5.74) is -0.121. The molecule has 156 valence electrons.